The van der Waals surface area contributed by atoms with Crippen LogP contribution in [0.4, 0.5) is 0 Å². The van der Waals surface area contributed by atoms with Crippen molar-refractivity contribution in [1.29, 1.82) is 0 Å². The van der Waals surface area contributed by atoms with Crippen LogP contribution in [0, 0.1) is 5.92 Å². The van der Waals surface area contributed by atoms with E-state index in [1.165, 1.54) is 18.5 Å². The Hall–Kier alpha value is -0.760. The van der Waals surface area contributed by atoms with Crippen LogP contribution in [0.5, 0.6) is 0 Å². The summed E-state index contributed by atoms with van der Waals surface area (Å²) in [6.45, 7) is 13.3. The molecule has 0 bridgehead atoms. The van der Waals surface area contributed by atoms with Gasteiger partial charge < -0.3 is 9.88 Å². The van der Waals surface area contributed by atoms with E-state index in [1.54, 1.807) is 0 Å². The van der Waals surface area contributed by atoms with Crippen molar-refractivity contribution in [3.63, 3.8) is 0 Å². The first-order chi connectivity index (χ1) is 7.96. The van der Waals surface area contributed by atoms with Gasteiger partial charge in [0.15, 0.2) is 0 Å². The van der Waals surface area contributed by atoms with E-state index in [4.69, 9.17) is 0 Å². The van der Waals surface area contributed by atoms with E-state index in [0.717, 1.165) is 19.0 Å². The second kappa shape index (κ2) is 6.25. The molecular formula is C15H28N2. The molecular weight excluding hydrogens is 208 g/mol. The molecule has 0 radical (unpaired) electrons. The molecule has 0 atom stereocenters. The standard InChI is InChI=1S/C15H28N2/c1-6-13(7-2)12-17-10-8-9-14(17)11-16-15(3,4)5/h8-10,13,16H,6-7,11-12H2,1-5H3. The molecule has 1 N–H and O–H groups in total. The Morgan fingerprint density at radius 3 is 2.41 bits per heavy atom. The van der Waals surface area contributed by atoms with Crippen LogP contribution in [0.2, 0.25) is 0 Å². The van der Waals surface area contributed by atoms with Crippen LogP contribution >= 0.6 is 0 Å². The normalized spacial score (nSPS) is 12.4. The number of nitrogens with one attached hydrogen (secondary N) is 1. The summed E-state index contributed by atoms with van der Waals surface area (Å²) < 4.78 is 2.40. The molecule has 0 aliphatic carbocycles. The molecule has 1 aromatic heterocycles. The number of hydrogen-bond donors (Lipinski definition) is 1. The average Bonchev–Trinajstić information content (AvgIpc) is 2.69. The van der Waals surface area contributed by atoms with E-state index in [-0.39, 0.29) is 5.54 Å². The molecule has 2 nitrogen and oxygen atoms in total. The highest BCUT2D eigenvalue weighted by Gasteiger charge is 2.11. The highest BCUT2D eigenvalue weighted by Crippen LogP contribution is 2.14. The van der Waals surface area contributed by atoms with Gasteiger partial charge in [0.2, 0.25) is 0 Å². The predicted octanol–water partition coefficient (Wildman–Crippen LogP) is 3.81. The average molecular weight is 236 g/mol. The summed E-state index contributed by atoms with van der Waals surface area (Å²) in [5, 5.41) is 3.55. The van der Waals surface area contributed by atoms with Gasteiger partial charge in [-0.2, -0.15) is 0 Å². The lowest BCUT2D eigenvalue weighted by Crippen LogP contribution is -2.35. The summed E-state index contributed by atoms with van der Waals surface area (Å²) in [6, 6.07) is 4.38. The molecule has 1 aromatic rings. The topological polar surface area (TPSA) is 17.0 Å². The monoisotopic (exact) mass is 236 g/mol. The van der Waals surface area contributed by atoms with E-state index >= 15 is 0 Å². The van der Waals surface area contributed by atoms with Crippen molar-refractivity contribution in [2.75, 3.05) is 0 Å². The van der Waals surface area contributed by atoms with Gasteiger partial charge in [0, 0.05) is 30.5 Å². The van der Waals surface area contributed by atoms with Crippen LogP contribution in [0.1, 0.15) is 53.2 Å². The van der Waals surface area contributed by atoms with E-state index in [2.05, 4.69) is 62.8 Å². The predicted molar refractivity (Wildman–Crippen MR) is 75.1 cm³/mol. The Morgan fingerprint density at radius 1 is 1.24 bits per heavy atom. The lowest BCUT2D eigenvalue weighted by molar-refractivity contribution is 0.389. The van der Waals surface area contributed by atoms with Gasteiger partial charge in [0.05, 0.1) is 0 Å². The summed E-state index contributed by atoms with van der Waals surface area (Å²) >= 11 is 0. The van der Waals surface area contributed by atoms with Crippen molar-refractivity contribution < 1.29 is 0 Å². The highest BCUT2D eigenvalue weighted by atomic mass is 15.0. The first-order valence-corrected chi connectivity index (χ1v) is 6.85. The van der Waals surface area contributed by atoms with E-state index in [1.807, 2.05) is 0 Å². The third kappa shape index (κ3) is 4.95. The summed E-state index contributed by atoms with van der Waals surface area (Å²) in [4.78, 5) is 0. The third-order valence-electron chi connectivity index (χ3n) is 3.33. The van der Waals surface area contributed by atoms with Crippen molar-refractivity contribution in [3.8, 4) is 0 Å². The molecule has 0 fully saturated rings. The summed E-state index contributed by atoms with van der Waals surface area (Å²) in [5.41, 5.74) is 1.58. The Morgan fingerprint density at radius 2 is 1.88 bits per heavy atom. The summed E-state index contributed by atoms with van der Waals surface area (Å²) in [7, 11) is 0. The molecule has 98 valence electrons. The summed E-state index contributed by atoms with van der Waals surface area (Å²) in [6.07, 6.45) is 4.74. The molecule has 0 aromatic carbocycles. The Balaban J connectivity index is 2.59. The van der Waals surface area contributed by atoms with Gasteiger partial charge >= 0.3 is 0 Å². The SMILES string of the molecule is CCC(CC)Cn1cccc1CNC(C)(C)C. The van der Waals surface area contributed by atoms with Crippen LogP contribution in [-0.4, -0.2) is 10.1 Å². The first kappa shape index (κ1) is 14.3. The van der Waals surface area contributed by atoms with Gasteiger partial charge in [-0.1, -0.05) is 26.7 Å². The highest BCUT2D eigenvalue weighted by molar-refractivity contribution is 5.07. The lowest BCUT2D eigenvalue weighted by Gasteiger charge is -2.22. The zero-order valence-electron chi connectivity index (χ0n) is 12.1. The Bertz CT molecular complexity index is 316. The smallest absolute Gasteiger partial charge is 0.0363 e. The fourth-order valence-electron chi connectivity index (χ4n) is 1.97. The van der Waals surface area contributed by atoms with Gasteiger partial charge in [-0.15, -0.1) is 0 Å². The molecule has 0 aliphatic heterocycles. The van der Waals surface area contributed by atoms with Gasteiger partial charge in [-0.05, 0) is 38.8 Å². The van der Waals surface area contributed by atoms with Gasteiger partial charge in [0.1, 0.15) is 0 Å². The lowest BCUT2D eigenvalue weighted by atomic mass is 10.0. The van der Waals surface area contributed by atoms with Crippen molar-refractivity contribution in [2.24, 2.45) is 5.92 Å². The molecule has 17 heavy (non-hydrogen) atoms. The molecule has 0 aliphatic rings. The Labute approximate surface area is 106 Å². The first-order valence-electron chi connectivity index (χ1n) is 6.85. The number of rotatable bonds is 6. The van der Waals surface area contributed by atoms with Gasteiger partial charge in [0.25, 0.3) is 0 Å². The maximum atomic E-state index is 3.55. The fraction of sp³-hybridized carbons (Fsp3) is 0.733. The molecule has 1 rings (SSSR count). The minimum Gasteiger partial charge on any atom is -0.350 e. The molecule has 0 saturated carbocycles. The third-order valence-corrected chi connectivity index (χ3v) is 3.33. The van der Waals surface area contributed by atoms with Crippen LogP contribution in [0.15, 0.2) is 18.3 Å². The zero-order valence-corrected chi connectivity index (χ0v) is 12.1. The zero-order chi connectivity index (χ0) is 12.9. The van der Waals surface area contributed by atoms with E-state index in [0.29, 0.717) is 0 Å². The molecule has 0 spiro atoms. The number of aromatic nitrogens is 1. The number of hydrogen-bond acceptors (Lipinski definition) is 1. The van der Waals surface area contributed by atoms with Crippen LogP contribution < -0.4 is 5.32 Å². The maximum absolute atomic E-state index is 3.55. The second-order valence-electron chi connectivity index (χ2n) is 5.94. The van der Waals surface area contributed by atoms with Crippen LogP contribution in [0.3, 0.4) is 0 Å². The largest absolute Gasteiger partial charge is 0.350 e. The molecule has 0 saturated heterocycles. The summed E-state index contributed by atoms with van der Waals surface area (Å²) in [5.74, 6) is 0.802. The molecule has 0 unspecified atom stereocenters. The van der Waals surface area contributed by atoms with Crippen LogP contribution in [0.25, 0.3) is 0 Å². The molecule has 1 heterocycles. The van der Waals surface area contributed by atoms with E-state index < -0.39 is 0 Å². The minimum atomic E-state index is 0.185. The Kier molecular flexibility index (Phi) is 5.26. The maximum Gasteiger partial charge on any atom is 0.0363 e. The quantitative estimate of drug-likeness (QED) is 0.794. The van der Waals surface area contributed by atoms with Gasteiger partial charge in [-0.25, -0.2) is 0 Å². The molecule has 2 heteroatoms. The molecule has 0 amide bonds. The van der Waals surface area contributed by atoms with E-state index in [9.17, 15) is 0 Å². The van der Waals surface area contributed by atoms with Gasteiger partial charge in [-0.3, -0.25) is 0 Å². The number of nitrogens with zero attached hydrogens (tertiary/aromatic N) is 1. The second-order valence-corrected chi connectivity index (χ2v) is 5.94. The van der Waals surface area contributed by atoms with Crippen molar-refractivity contribution in [3.05, 3.63) is 24.0 Å². The fourth-order valence-corrected chi connectivity index (χ4v) is 1.97. The van der Waals surface area contributed by atoms with Crippen molar-refractivity contribution in [2.45, 2.75) is 66.1 Å². The minimum absolute atomic E-state index is 0.185. The van der Waals surface area contributed by atoms with Crippen LogP contribution in [-0.2, 0) is 13.1 Å². The van der Waals surface area contributed by atoms with Crippen molar-refractivity contribution >= 4 is 0 Å². The van der Waals surface area contributed by atoms with Crippen molar-refractivity contribution in [1.82, 2.24) is 9.88 Å².